The Balaban J connectivity index is 1.71. The predicted octanol–water partition coefficient (Wildman–Crippen LogP) is 3.89. The number of aromatic nitrogens is 1. The Bertz CT molecular complexity index is 738. The smallest absolute Gasteiger partial charge is 0.407 e. The van der Waals surface area contributed by atoms with E-state index in [4.69, 9.17) is 9.47 Å². The molecule has 0 aliphatic carbocycles. The Morgan fingerprint density at radius 3 is 2.88 bits per heavy atom. The van der Waals surface area contributed by atoms with Crippen LogP contribution in [0.2, 0.25) is 0 Å². The van der Waals surface area contributed by atoms with Crippen LogP contribution >= 0.6 is 0 Å². The predicted molar refractivity (Wildman–Crippen MR) is 96.3 cm³/mol. The summed E-state index contributed by atoms with van der Waals surface area (Å²) in [6.07, 6.45) is 3.93. The zero-order valence-electron chi connectivity index (χ0n) is 14.9. The van der Waals surface area contributed by atoms with Crippen LogP contribution in [-0.2, 0) is 15.9 Å². The Hall–Kier alpha value is -2.40. The van der Waals surface area contributed by atoms with Gasteiger partial charge in [0.15, 0.2) is 0 Å². The van der Waals surface area contributed by atoms with Gasteiger partial charge in [-0.3, -0.25) is 4.98 Å². The van der Waals surface area contributed by atoms with E-state index in [0.29, 0.717) is 13.2 Å². The third-order valence-corrected chi connectivity index (χ3v) is 4.01. The van der Waals surface area contributed by atoms with Gasteiger partial charge in [-0.1, -0.05) is 24.3 Å². The molecule has 1 atom stereocenters. The maximum absolute atomic E-state index is 11.9. The molecule has 1 aliphatic heterocycles. The van der Waals surface area contributed by atoms with E-state index in [-0.39, 0.29) is 6.10 Å². The highest BCUT2D eigenvalue weighted by Crippen LogP contribution is 2.30. The number of carbonyl (C=O) groups is 1. The minimum atomic E-state index is -0.506. The number of alkyl carbamates (subject to hydrolysis) is 1. The van der Waals surface area contributed by atoms with Crippen LogP contribution in [0.4, 0.5) is 4.79 Å². The van der Waals surface area contributed by atoms with E-state index in [1.807, 2.05) is 33.0 Å². The van der Waals surface area contributed by atoms with Crippen molar-refractivity contribution in [3.05, 3.63) is 53.9 Å². The highest BCUT2D eigenvalue weighted by atomic mass is 16.6. The lowest BCUT2D eigenvalue weighted by Crippen LogP contribution is -2.36. The number of carbonyl (C=O) groups excluding carboxylic acids is 1. The molecule has 1 amide bonds. The number of nitrogens with zero attached hydrogens (tertiary/aromatic N) is 1. The summed E-state index contributed by atoms with van der Waals surface area (Å²) in [5.74, 6) is 0. The minimum Gasteiger partial charge on any atom is -0.444 e. The summed E-state index contributed by atoms with van der Waals surface area (Å²) >= 11 is 0. The fourth-order valence-corrected chi connectivity index (χ4v) is 2.91. The molecule has 1 unspecified atom stereocenters. The van der Waals surface area contributed by atoms with Gasteiger partial charge in [0.05, 0.1) is 13.2 Å². The molecule has 5 nitrogen and oxygen atoms in total. The van der Waals surface area contributed by atoms with Crippen molar-refractivity contribution in [1.29, 1.82) is 0 Å². The Kier molecular flexibility index (Phi) is 5.04. The lowest BCUT2D eigenvalue weighted by molar-refractivity contribution is 0.0289. The lowest BCUT2D eigenvalue weighted by atomic mass is 9.93. The van der Waals surface area contributed by atoms with Crippen molar-refractivity contribution in [2.75, 3.05) is 13.2 Å². The highest BCUT2D eigenvalue weighted by molar-refractivity contribution is 5.68. The molecule has 5 heteroatoms. The van der Waals surface area contributed by atoms with Gasteiger partial charge in [0.1, 0.15) is 11.7 Å². The number of hydrogen-bond donors (Lipinski definition) is 1. The Morgan fingerprint density at radius 1 is 1.32 bits per heavy atom. The number of benzene rings is 1. The zero-order valence-corrected chi connectivity index (χ0v) is 14.9. The summed E-state index contributed by atoms with van der Waals surface area (Å²) < 4.78 is 11.1. The summed E-state index contributed by atoms with van der Waals surface area (Å²) in [5.41, 5.74) is 4.11. The first-order valence-electron chi connectivity index (χ1n) is 8.54. The van der Waals surface area contributed by atoms with Crippen molar-refractivity contribution in [3.63, 3.8) is 0 Å². The lowest BCUT2D eigenvalue weighted by Gasteiger charge is -2.27. The molecular formula is C20H24N2O3. The number of ether oxygens (including phenoxy) is 2. The van der Waals surface area contributed by atoms with Gasteiger partial charge in [0.25, 0.3) is 0 Å². The van der Waals surface area contributed by atoms with E-state index >= 15 is 0 Å². The molecule has 3 rings (SSSR count). The molecule has 1 aromatic heterocycles. The molecular weight excluding hydrogens is 316 g/mol. The quantitative estimate of drug-likeness (QED) is 0.921. The van der Waals surface area contributed by atoms with Gasteiger partial charge in [-0.15, -0.1) is 0 Å². The van der Waals surface area contributed by atoms with Crippen LogP contribution in [0, 0.1) is 0 Å². The molecule has 0 fully saturated rings. The van der Waals surface area contributed by atoms with Crippen LogP contribution in [0.1, 0.15) is 38.0 Å². The van der Waals surface area contributed by atoms with Crippen LogP contribution in [0.3, 0.4) is 0 Å². The average Bonchev–Trinajstić information content (AvgIpc) is 2.58. The second-order valence-corrected chi connectivity index (χ2v) is 7.15. The number of hydrogen-bond acceptors (Lipinski definition) is 4. The van der Waals surface area contributed by atoms with Gasteiger partial charge in [-0.05, 0) is 55.5 Å². The van der Waals surface area contributed by atoms with Gasteiger partial charge in [-0.25, -0.2) is 4.79 Å². The van der Waals surface area contributed by atoms with E-state index in [1.54, 1.807) is 6.20 Å². The summed E-state index contributed by atoms with van der Waals surface area (Å²) in [6.45, 7) is 6.58. The highest BCUT2D eigenvalue weighted by Gasteiger charge is 2.23. The van der Waals surface area contributed by atoms with Crippen molar-refractivity contribution < 1.29 is 14.3 Å². The first-order valence-corrected chi connectivity index (χ1v) is 8.54. The SMILES string of the molecule is CC(C)(C)OC(=O)NCC1OCCc2cc(-c3cccnc3)ccc21. The van der Waals surface area contributed by atoms with Crippen molar-refractivity contribution >= 4 is 6.09 Å². The van der Waals surface area contributed by atoms with Crippen LogP contribution in [0.5, 0.6) is 0 Å². The van der Waals surface area contributed by atoms with Crippen molar-refractivity contribution in [3.8, 4) is 11.1 Å². The fraction of sp³-hybridized carbons (Fsp3) is 0.400. The largest absolute Gasteiger partial charge is 0.444 e. The molecule has 2 heterocycles. The van der Waals surface area contributed by atoms with Gasteiger partial charge >= 0.3 is 6.09 Å². The summed E-state index contributed by atoms with van der Waals surface area (Å²) in [4.78, 5) is 16.0. The second kappa shape index (κ2) is 7.23. The number of fused-ring (bicyclic) bond motifs is 1. The zero-order chi connectivity index (χ0) is 17.9. The molecule has 25 heavy (non-hydrogen) atoms. The van der Waals surface area contributed by atoms with Crippen LogP contribution in [0.15, 0.2) is 42.7 Å². The maximum Gasteiger partial charge on any atom is 0.407 e. The summed E-state index contributed by atoms with van der Waals surface area (Å²) in [6, 6.07) is 10.3. The molecule has 0 bridgehead atoms. The molecule has 0 radical (unpaired) electrons. The van der Waals surface area contributed by atoms with E-state index in [2.05, 4.69) is 34.6 Å². The van der Waals surface area contributed by atoms with Crippen molar-refractivity contribution in [2.45, 2.75) is 38.9 Å². The average molecular weight is 340 g/mol. The third kappa shape index (κ3) is 4.57. The number of pyridine rings is 1. The molecule has 2 aromatic rings. The number of rotatable bonds is 3. The summed E-state index contributed by atoms with van der Waals surface area (Å²) in [7, 11) is 0. The molecule has 132 valence electrons. The van der Waals surface area contributed by atoms with E-state index in [0.717, 1.165) is 23.1 Å². The van der Waals surface area contributed by atoms with Gasteiger partial charge in [-0.2, -0.15) is 0 Å². The second-order valence-electron chi connectivity index (χ2n) is 7.15. The molecule has 1 aliphatic rings. The van der Waals surface area contributed by atoms with Crippen LogP contribution in [-0.4, -0.2) is 29.8 Å². The monoisotopic (exact) mass is 340 g/mol. The maximum atomic E-state index is 11.9. The van der Waals surface area contributed by atoms with E-state index in [1.165, 1.54) is 5.56 Å². The van der Waals surface area contributed by atoms with Gasteiger partial charge in [0, 0.05) is 12.4 Å². The first kappa shape index (κ1) is 17.4. The Labute approximate surface area is 148 Å². The van der Waals surface area contributed by atoms with Crippen molar-refractivity contribution in [1.82, 2.24) is 10.3 Å². The van der Waals surface area contributed by atoms with E-state index in [9.17, 15) is 4.79 Å². The fourth-order valence-electron chi connectivity index (χ4n) is 2.91. The van der Waals surface area contributed by atoms with Crippen LogP contribution in [0.25, 0.3) is 11.1 Å². The normalized spacial score (nSPS) is 16.8. The van der Waals surface area contributed by atoms with Crippen LogP contribution < -0.4 is 5.32 Å². The van der Waals surface area contributed by atoms with E-state index < -0.39 is 11.7 Å². The molecule has 1 N–H and O–H groups in total. The summed E-state index contributed by atoms with van der Waals surface area (Å²) in [5, 5.41) is 2.80. The molecule has 1 aromatic carbocycles. The van der Waals surface area contributed by atoms with Gasteiger partial charge < -0.3 is 14.8 Å². The third-order valence-electron chi connectivity index (χ3n) is 4.01. The molecule has 0 saturated carbocycles. The van der Waals surface area contributed by atoms with Crippen molar-refractivity contribution in [2.24, 2.45) is 0 Å². The standard InChI is InChI=1S/C20H24N2O3/c1-20(2,3)25-19(23)22-13-18-17-7-6-14(11-15(17)8-10-24-18)16-5-4-9-21-12-16/h4-7,9,11-12,18H,8,10,13H2,1-3H3,(H,22,23). The topological polar surface area (TPSA) is 60.5 Å². The molecule has 0 saturated heterocycles. The molecule has 0 spiro atoms. The van der Waals surface area contributed by atoms with Gasteiger partial charge in [0.2, 0.25) is 0 Å². The Morgan fingerprint density at radius 2 is 2.16 bits per heavy atom. The number of nitrogens with one attached hydrogen (secondary N) is 1. The minimum absolute atomic E-state index is 0.154. The first-order chi connectivity index (χ1) is 11.9. The number of amides is 1.